The number of benzene rings is 1. The number of nitrogens with one attached hydrogen (secondary N) is 1. The second-order valence-corrected chi connectivity index (χ2v) is 6.72. The average Bonchev–Trinajstić information content (AvgIpc) is 3.02. The summed E-state index contributed by atoms with van der Waals surface area (Å²) in [4.78, 5) is 12.9. The fourth-order valence-electron chi connectivity index (χ4n) is 3.06. The molecule has 6 nitrogen and oxygen atoms in total. The maximum absolute atomic E-state index is 12.9. The lowest BCUT2D eigenvalue weighted by Crippen LogP contribution is -2.53. The highest BCUT2D eigenvalue weighted by atomic mass is 16.5. The van der Waals surface area contributed by atoms with Crippen LogP contribution in [-0.2, 0) is 28.1 Å². The van der Waals surface area contributed by atoms with Crippen LogP contribution in [0.15, 0.2) is 30.3 Å². The molecule has 2 aromatic rings. The normalized spacial score (nSPS) is 20.0. The number of nitrogens with zero attached hydrogens (tertiary/aromatic N) is 3. The zero-order valence-electron chi connectivity index (χ0n) is 14.5. The van der Waals surface area contributed by atoms with Gasteiger partial charge in [0.2, 0.25) is 5.91 Å². The molecule has 1 aromatic carbocycles. The SMILES string of the molecule is CC(C)c1nnc2n1C(C)(C(=O)NCCc1ccccc1)COC2. The zero-order valence-corrected chi connectivity index (χ0v) is 14.5. The van der Waals surface area contributed by atoms with E-state index in [1.807, 2.05) is 29.7 Å². The number of fused-ring (bicyclic) bond motifs is 1. The molecule has 0 aliphatic carbocycles. The van der Waals surface area contributed by atoms with Gasteiger partial charge in [-0.05, 0) is 18.9 Å². The number of hydrogen-bond donors (Lipinski definition) is 1. The highest BCUT2D eigenvalue weighted by Gasteiger charge is 2.42. The molecule has 1 aliphatic rings. The van der Waals surface area contributed by atoms with Gasteiger partial charge in [0, 0.05) is 12.5 Å². The summed E-state index contributed by atoms with van der Waals surface area (Å²) in [5, 5.41) is 11.5. The number of aromatic nitrogens is 3. The summed E-state index contributed by atoms with van der Waals surface area (Å²) in [5.41, 5.74) is 0.392. The van der Waals surface area contributed by atoms with Crippen LogP contribution in [0.3, 0.4) is 0 Å². The van der Waals surface area contributed by atoms with Crippen molar-refractivity contribution in [3.05, 3.63) is 47.5 Å². The van der Waals surface area contributed by atoms with Crippen molar-refractivity contribution in [3.8, 4) is 0 Å². The van der Waals surface area contributed by atoms with Crippen LogP contribution in [0.1, 0.15) is 43.9 Å². The van der Waals surface area contributed by atoms with Crippen LogP contribution in [0.2, 0.25) is 0 Å². The van der Waals surface area contributed by atoms with E-state index in [9.17, 15) is 4.79 Å². The Bertz CT molecular complexity index is 711. The molecule has 1 aliphatic heterocycles. The van der Waals surface area contributed by atoms with Crippen molar-refractivity contribution in [3.63, 3.8) is 0 Å². The third-order valence-corrected chi connectivity index (χ3v) is 4.41. The molecule has 3 rings (SSSR count). The van der Waals surface area contributed by atoms with E-state index >= 15 is 0 Å². The van der Waals surface area contributed by atoms with E-state index in [1.54, 1.807) is 0 Å². The molecule has 0 bridgehead atoms. The molecule has 0 spiro atoms. The van der Waals surface area contributed by atoms with E-state index in [-0.39, 0.29) is 11.8 Å². The van der Waals surface area contributed by atoms with Crippen molar-refractivity contribution >= 4 is 5.91 Å². The first kappa shape index (κ1) is 16.6. The lowest BCUT2D eigenvalue weighted by Gasteiger charge is -2.35. The summed E-state index contributed by atoms with van der Waals surface area (Å²) in [6.45, 7) is 7.32. The monoisotopic (exact) mass is 328 g/mol. The van der Waals surface area contributed by atoms with Crippen molar-refractivity contribution in [1.29, 1.82) is 0 Å². The van der Waals surface area contributed by atoms with Crippen molar-refractivity contribution < 1.29 is 9.53 Å². The fourth-order valence-corrected chi connectivity index (χ4v) is 3.06. The first-order chi connectivity index (χ1) is 11.5. The Kier molecular flexibility index (Phi) is 4.66. The van der Waals surface area contributed by atoms with Crippen molar-refractivity contribution in [2.45, 2.75) is 45.3 Å². The molecule has 1 aromatic heterocycles. The van der Waals surface area contributed by atoms with E-state index in [2.05, 4.69) is 41.5 Å². The van der Waals surface area contributed by atoms with Gasteiger partial charge >= 0.3 is 0 Å². The number of carbonyl (C=O) groups excluding carboxylic acids is 1. The third kappa shape index (κ3) is 3.06. The smallest absolute Gasteiger partial charge is 0.248 e. The van der Waals surface area contributed by atoms with Crippen LogP contribution in [-0.4, -0.2) is 33.8 Å². The molecular weight excluding hydrogens is 304 g/mol. The lowest BCUT2D eigenvalue weighted by molar-refractivity contribution is -0.135. The molecule has 0 saturated carbocycles. The van der Waals surface area contributed by atoms with Gasteiger partial charge in [-0.1, -0.05) is 44.2 Å². The Balaban J connectivity index is 1.74. The molecular formula is C18H24N4O2. The van der Waals surface area contributed by atoms with Crippen LogP contribution in [0.5, 0.6) is 0 Å². The van der Waals surface area contributed by atoms with Crippen molar-refractivity contribution in [2.75, 3.05) is 13.2 Å². The van der Waals surface area contributed by atoms with Crippen molar-refractivity contribution in [2.24, 2.45) is 0 Å². The average molecular weight is 328 g/mol. The standard InChI is InChI=1S/C18H24N4O2/c1-13(2)16-21-20-15-11-24-12-18(3,22(15)16)17(23)19-10-9-14-7-5-4-6-8-14/h4-8,13H,9-12H2,1-3H3,(H,19,23). The Morgan fingerprint density at radius 1 is 1.33 bits per heavy atom. The highest BCUT2D eigenvalue weighted by molar-refractivity contribution is 5.84. The molecule has 2 heterocycles. The molecule has 1 atom stereocenters. The minimum absolute atomic E-state index is 0.0546. The van der Waals surface area contributed by atoms with Crippen LogP contribution in [0.25, 0.3) is 0 Å². The predicted octanol–water partition coefficient (Wildman–Crippen LogP) is 2.01. The number of carbonyl (C=O) groups is 1. The molecule has 1 N–H and O–H groups in total. The van der Waals surface area contributed by atoms with E-state index < -0.39 is 5.54 Å². The Morgan fingerprint density at radius 2 is 2.08 bits per heavy atom. The lowest BCUT2D eigenvalue weighted by atomic mass is 9.98. The predicted molar refractivity (Wildman–Crippen MR) is 90.6 cm³/mol. The summed E-state index contributed by atoms with van der Waals surface area (Å²) >= 11 is 0. The van der Waals surface area contributed by atoms with Gasteiger partial charge in [0.25, 0.3) is 0 Å². The summed E-state index contributed by atoms with van der Waals surface area (Å²) < 4.78 is 7.56. The molecule has 128 valence electrons. The largest absolute Gasteiger partial charge is 0.370 e. The van der Waals surface area contributed by atoms with E-state index in [4.69, 9.17) is 4.74 Å². The molecule has 0 radical (unpaired) electrons. The van der Waals surface area contributed by atoms with Gasteiger partial charge < -0.3 is 10.1 Å². The molecule has 0 saturated heterocycles. The molecule has 0 fully saturated rings. The minimum Gasteiger partial charge on any atom is -0.370 e. The number of amides is 1. The van der Waals surface area contributed by atoms with Gasteiger partial charge in [0.15, 0.2) is 5.82 Å². The van der Waals surface area contributed by atoms with Gasteiger partial charge in [-0.25, -0.2) is 0 Å². The molecule has 1 amide bonds. The van der Waals surface area contributed by atoms with Gasteiger partial charge in [-0.2, -0.15) is 0 Å². The summed E-state index contributed by atoms with van der Waals surface area (Å²) in [6.07, 6.45) is 0.801. The second kappa shape index (κ2) is 6.73. The first-order valence-corrected chi connectivity index (χ1v) is 8.37. The molecule has 24 heavy (non-hydrogen) atoms. The van der Waals surface area contributed by atoms with Crippen molar-refractivity contribution in [1.82, 2.24) is 20.1 Å². The van der Waals surface area contributed by atoms with E-state index in [1.165, 1.54) is 5.56 Å². The van der Waals surface area contributed by atoms with Gasteiger partial charge in [0.1, 0.15) is 18.0 Å². The second-order valence-electron chi connectivity index (χ2n) is 6.72. The van der Waals surface area contributed by atoms with Crippen LogP contribution in [0, 0.1) is 0 Å². The maximum Gasteiger partial charge on any atom is 0.248 e. The highest BCUT2D eigenvalue weighted by Crippen LogP contribution is 2.29. The van der Waals surface area contributed by atoms with Crippen LogP contribution < -0.4 is 5.32 Å². The van der Waals surface area contributed by atoms with Crippen LogP contribution >= 0.6 is 0 Å². The topological polar surface area (TPSA) is 69.0 Å². The third-order valence-electron chi connectivity index (χ3n) is 4.41. The fraction of sp³-hybridized carbons (Fsp3) is 0.500. The van der Waals surface area contributed by atoms with Crippen LogP contribution in [0.4, 0.5) is 0 Å². The van der Waals surface area contributed by atoms with Gasteiger partial charge in [-0.3, -0.25) is 9.36 Å². The number of ether oxygens (including phenoxy) is 1. The minimum atomic E-state index is -0.812. The maximum atomic E-state index is 12.9. The summed E-state index contributed by atoms with van der Waals surface area (Å²) in [6, 6.07) is 10.1. The first-order valence-electron chi connectivity index (χ1n) is 8.37. The Morgan fingerprint density at radius 3 is 2.79 bits per heavy atom. The summed E-state index contributed by atoms with van der Waals surface area (Å²) in [5.74, 6) is 1.68. The number of hydrogen-bond acceptors (Lipinski definition) is 4. The summed E-state index contributed by atoms with van der Waals surface area (Å²) in [7, 11) is 0. The van der Waals surface area contributed by atoms with Gasteiger partial charge in [0.05, 0.1) is 6.61 Å². The number of rotatable bonds is 5. The Hall–Kier alpha value is -2.21. The zero-order chi connectivity index (χ0) is 17.2. The van der Waals surface area contributed by atoms with Gasteiger partial charge in [-0.15, -0.1) is 10.2 Å². The Labute approximate surface area is 142 Å². The van der Waals surface area contributed by atoms with E-state index in [0.29, 0.717) is 25.6 Å². The van der Waals surface area contributed by atoms with E-state index in [0.717, 1.165) is 12.2 Å². The quantitative estimate of drug-likeness (QED) is 0.911. The molecule has 6 heteroatoms. The molecule has 1 unspecified atom stereocenters.